The van der Waals surface area contributed by atoms with E-state index in [-0.39, 0.29) is 24.1 Å². The lowest BCUT2D eigenvalue weighted by molar-refractivity contribution is -0.128. The zero-order chi connectivity index (χ0) is 18.4. The number of carbonyl (C=O) groups is 2. The molecule has 1 aromatic rings. The van der Waals surface area contributed by atoms with E-state index in [4.69, 9.17) is 0 Å². The van der Waals surface area contributed by atoms with Crippen LogP contribution in [0.5, 0.6) is 0 Å². The molecule has 6 heteroatoms. The molecule has 0 unspecified atom stereocenters. The van der Waals surface area contributed by atoms with Crippen LogP contribution in [0.2, 0.25) is 0 Å². The van der Waals surface area contributed by atoms with Gasteiger partial charge >= 0.3 is 6.03 Å². The molecule has 3 amide bonds. The highest BCUT2D eigenvalue weighted by Gasteiger charge is 2.43. The van der Waals surface area contributed by atoms with E-state index in [1.807, 2.05) is 30.3 Å². The van der Waals surface area contributed by atoms with Gasteiger partial charge in [0.2, 0.25) is 5.91 Å². The second-order valence-corrected chi connectivity index (χ2v) is 7.56. The smallest absolute Gasteiger partial charge is 0.315 e. The Morgan fingerprint density at radius 2 is 1.69 bits per heavy atom. The number of rotatable bonds is 5. The minimum Gasteiger partial charge on any atom is -0.393 e. The van der Waals surface area contributed by atoms with Gasteiger partial charge in [-0.05, 0) is 44.1 Å². The van der Waals surface area contributed by atoms with Gasteiger partial charge in [-0.15, -0.1) is 0 Å². The van der Waals surface area contributed by atoms with E-state index in [1.54, 1.807) is 0 Å². The molecule has 0 bridgehead atoms. The molecule has 142 valence electrons. The second-order valence-electron chi connectivity index (χ2n) is 7.56. The van der Waals surface area contributed by atoms with Gasteiger partial charge in [0.1, 0.15) is 5.54 Å². The fourth-order valence-corrected chi connectivity index (χ4v) is 3.97. The molecule has 2 fully saturated rings. The Bertz CT molecular complexity index is 606. The molecule has 0 heterocycles. The Morgan fingerprint density at radius 3 is 2.35 bits per heavy atom. The first-order valence-electron chi connectivity index (χ1n) is 9.66. The third-order valence-corrected chi connectivity index (χ3v) is 5.57. The van der Waals surface area contributed by atoms with Crippen LogP contribution in [-0.4, -0.2) is 34.7 Å². The van der Waals surface area contributed by atoms with Crippen LogP contribution in [0.3, 0.4) is 0 Å². The zero-order valence-electron chi connectivity index (χ0n) is 15.2. The molecule has 0 atom stereocenters. The number of aliphatic hydroxyl groups is 1. The Hall–Kier alpha value is -2.08. The largest absolute Gasteiger partial charge is 0.393 e. The Balaban J connectivity index is 1.54. The van der Waals surface area contributed by atoms with Crippen molar-refractivity contribution in [2.75, 3.05) is 0 Å². The molecule has 2 saturated carbocycles. The van der Waals surface area contributed by atoms with Crippen molar-refractivity contribution in [1.29, 1.82) is 0 Å². The molecule has 4 N–H and O–H groups in total. The molecule has 1 aromatic carbocycles. The predicted octanol–water partition coefficient (Wildman–Crippen LogP) is 2.22. The van der Waals surface area contributed by atoms with Crippen molar-refractivity contribution in [2.24, 2.45) is 0 Å². The predicted molar refractivity (Wildman–Crippen MR) is 99.4 cm³/mol. The Kier molecular flexibility index (Phi) is 6.14. The lowest BCUT2D eigenvalue weighted by Gasteiger charge is -2.33. The number of hydrogen-bond acceptors (Lipinski definition) is 3. The summed E-state index contributed by atoms with van der Waals surface area (Å²) < 4.78 is 0. The van der Waals surface area contributed by atoms with Crippen molar-refractivity contribution in [2.45, 2.75) is 75.6 Å². The molecular weight excluding hydrogens is 330 g/mol. The van der Waals surface area contributed by atoms with Crippen LogP contribution in [0.4, 0.5) is 4.79 Å². The van der Waals surface area contributed by atoms with Crippen LogP contribution >= 0.6 is 0 Å². The summed E-state index contributed by atoms with van der Waals surface area (Å²) in [4.78, 5) is 25.3. The maximum atomic E-state index is 12.9. The summed E-state index contributed by atoms with van der Waals surface area (Å²) in [6.45, 7) is 0.435. The van der Waals surface area contributed by atoms with E-state index in [1.165, 1.54) is 0 Å². The van der Waals surface area contributed by atoms with E-state index >= 15 is 0 Å². The number of urea groups is 1. The Morgan fingerprint density at radius 1 is 1.04 bits per heavy atom. The maximum Gasteiger partial charge on any atom is 0.315 e. The van der Waals surface area contributed by atoms with Crippen molar-refractivity contribution in [3.05, 3.63) is 35.9 Å². The summed E-state index contributed by atoms with van der Waals surface area (Å²) >= 11 is 0. The summed E-state index contributed by atoms with van der Waals surface area (Å²) in [6, 6.07) is 9.50. The van der Waals surface area contributed by atoms with Gasteiger partial charge in [0, 0.05) is 12.6 Å². The third-order valence-electron chi connectivity index (χ3n) is 5.57. The molecule has 6 nitrogen and oxygen atoms in total. The van der Waals surface area contributed by atoms with Crippen LogP contribution in [0.25, 0.3) is 0 Å². The highest BCUT2D eigenvalue weighted by Crippen LogP contribution is 2.30. The lowest BCUT2D eigenvalue weighted by Crippen LogP contribution is -2.60. The maximum absolute atomic E-state index is 12.9. The van der Waals surface area contributed by atoms with Crippen molar-refractivity contribution in [3.8, 4) is 0 Å². The molecule has 0 spiro atoms. The van der Waals surface area contributed by atoms with Crippen molar-refractivity contribution < 1.29 is 14.7 Å². The first-order chi connectivity index (χ1) is 12.6. The van der Waals surface area contributed by atoms with E-state index < -0.39 is 5.54 Å². The number of nitrogens with one attached hydrogen (secondary N) is 3. The zero-order valence-corrected chi connectivity index (χ0v) is 15.2. The minimum absolute atomic E-state index is 0.0775. The molecule has 2 aliphatic rings. The van der Waals surface area contributed by atoms with Crippen molar-refractivity contribution in [3.63, 3.8) is 0 Å². The van der Waals surface area contributed by atoms with Crippen LogP contribution < -0.4 is 16.0 Å². The van der Waals surface area contributed by atoms with Crippen LogP contribution in [-0.2, 0) is 11.3 Å². The van der Waals surface area contributed by atoms with Gasteiger partial charge in [-0.3, -0.25) is 4.79 Å². The quantitative estimate of drug-likeness (QED) is 0.650. The lowest BCUT2D eigenvalue weighted by atomic mass is 9.91. The van der Waals surface area contributed by atoms with Crippen LogP contribution in [0.1, 0.15) is 56.9 Å². The first-order valence-corrected chi connectivity index (χ1v) is 9.66. The van der Waals surface area contributed by atoms with Gasteiger partial charge in [0.25, 0.3) is 0 Å². The Labute approximate surface area is 154 Å². The molecule has 2 aliphatic carbocycles. The second kappa shape index (κ2) is 8.54. The SMILES string of the molecule is O=C(NCc1ccccc1)NC1(C(=O)NC2CCC(O)CC2)CCCC1. The monoisotopic (exact) mass is 359 g/mol. The summed E-state index contributed by atoms with van der Waals surface area (Å²) in [7, 11) is 0. The summed E-state index contributed by atoms with van der Waals surface area (Å²) in [5.41, 5.74) is 0.213. The first kappa shape index (κ1) is 18.7. The summed E-state index contributed by atoms with van der Waals surface area (Å²) in [5.74, 6) is -0.0775. The van der Waals surface area contributed by atoms with Crippen molar-refractivity contribution in [1.82, 2.24) is 16.0 Å². The normalized spacial score (nSPS) is 24.7. The number of amides is 3. The molecule has 0 aliphatic heterocycles. The molecule has 0 radical (unpaired) electrons. The van der Waals surface area contributed by atoms with Crippen LogP contribution in [0, 0.1) is 0 Å². The number of aliphatic hydroxyl groups excluding tert-OH is 1. The fraction of sp³-hybridized carbons (Fsp3) is 0.600. The number of benzene rings is 1. The minimum atomic E-state index is -0.809. The molecule has 0 aromatic heterocycles. The fourth-order valence-electron chi connectivity index (χ4n) is 3.97. The van der Waals surface area contributed by atoms with Gasteiger partial charge in [-0.2, -0.15) is 0 Å². The molecule has 0 saturated heterocycles. The summed E-state index contributed by atoms with van der Waals surface area (Å²) in [5, 5.41) is 18.5. The molecule has 26 heavy (non-hydrogen) atoms. The van der Waals surface area contributed by atoms with Gasteiger partial charge in [-0.25, -0.2) is 4.79 Å². The third kappa shape index (κ3) is 4.75. The number of hydrogen-bond donors (Lipinski definition) is 4. The number of carbonyl (C=O) groups excluding carboxylic acids is 2. The highest BCUT2D eigenvalue weighted by molar-refractivity contribution is 5.91. The summed E-state index contributed by atoms with van der Waals surface area (Å²) in [6.07, 6.45) is 6.02. The van der Waals surface area contributed by atoms with Crippen molar-refractivity contribution >= 4 is 11.9 Å². The highest BCUT2D eigenvalue weighted by atomic mass is 16.3. The van der Waals surface area contributed by atoms with Gasteiger partial charge in [0.15, 0.2) is 0 Å². The molecular formula is C20H29N3O3. The average molecular weight is 359 g/mol. The van der Waals surface area contributed by atoms with E-state index in [9.17, 15) is 14.7 Å². The standard InChI is InChI=1S/C20H29N3O3/c24-17-10-8-16(9-11-17)22-18(25)20(12-4-5-13-20)23-19(26)21-14-15-6-2-1-3-7-15/h1-3,6-7,16-17,24H,4-5,8-14H2,(H,22,25)(H2,21,23,26). The topological polar surface area (TPSA) is 90.5 Å². The van der Waals surface area contributed by atoms with Gasteiger partial charge in [0.05, 0.1) is 6.10 Å². The van der Waals surface area contributed by atoms with E-state index in [2.05, 4.69) is 16.0 Å². The van der Waals surface area contributed by atoms with Crippen LogP contribution in [0.15, 0.2) is 30.3 Å². The molecule has 3 rings (SSSR count). The average Bonchev–Trinajstić information content (AvgIpc) is 3.12. The van der Waals surface area contributed by atoms with E-state index in [0.717, 1.165) is 44.1 Å². The van der Waals surface area contributed by atoms with E-state index in [0.29, 0.717) is 19.4 Å². The van der Waals surface area contributed by atoms with Gasteiger partial charge < -0.3 is 21.1 Å². The van der Waals surface area contributed by atoms with Gasteiger partial charge in [-0.1, -0.05) is 43.2 Å².